The van der Waals surface area contributed by atoms with Gasteiger partial charge in [0.2, 0.25) is 0 Å². The molecule has 0 fully saturated rings. The van der Waals surface area contributed by atoms with Crippen molar-refractivity contribution in [3.63, 3.8) is 0 Å². The Morgan fingerprint density at radius 2 is 1.79 bits per heavy atom. The molecule has 4 nitrogen and oxygen atoms in total. The third-order valence-electron chi connectivity index (χ3n) is 6.31. The highest BCUT2D eigenvalue weighted by atomic mass is 16.5. The Balaban J connectivity index is 2.11. The maximum absolute atomic E-state index is 10.1. The molecule has 2 atom stereocenters. The van der Waals surface area contributed by atoms with Crippen LogP contribution in [-0.2, 0) is 0 Å². The van der Waals surface area contributed by atoms with E-state index in [0.29, 0.717) is 6.42 Å². The van der Waals surface area contributed by atoms with Crippen molar-refractivity contribution in [3.8, 4) is 23.6 Å². The smallest absolute Gasteiger partial charge is 0.168 e. The maximum Gasteiger partial charge on any atom is 0.168 e. The molecule has 0 heterocycles. The summed E-state index contributed by atoms with van der Waals surface area (Å²) in [6.45, 7) is 3.81. The van der Waals surface area contributed by atoms with Crippen molar-refractivity contribution in [2.75, 3.05) is 14.2 Å². The quantitative estimate of drug-likeness (QED) is 0.402. The highest BCUT2D eigenvalue weighted by Crippen LogP contribution is 2.47. The van der Waals surface area contributed by atoms with Crippen LogP contribution in [0.4, 0.5) is 0 Å². The number of hydrogen-bond donors (Lipinski definition) is 0. The molecular formula is C29H30N2O2. The number of allylic oxidation sites excluding steroid dienone is 4. The molecule has 1 unspecified atom stereocenters. The van der Waals surface area contributed by atoms with Crippen molar-refractivity contribution in [1.82, 2.24) is 0 Å². The van der Waals surface area contributed by atoms with Gasteiger partial charge in [-0.2, -0.15) is 10.5 Å². The number of methoxy groups -OCH3 is 2. The van der Waals surface area contributed by atoms with Gasteiger partial charge in [0.25, 0.3) is 0 Å². The van der Waals surface area contributed by atoms with Gasteiger partial charge < -0.3 is 9.47 Å². The minimum Gasteiger partial charge on any atom is -0.497 e. The second-order valence-corrected chi connectivity index (χ2v) is 8.26. The summed E-state index contributed by atoms with van der Waals surface area (Å²) in [6, 6.07) is 20.6. The summed E-state index contributed by atoms with van der Waals surface area (Å²) in [5.41, 5.74) is 1.83. The van der Waals surface area contributed by atoms with Crippen molar-refractivity contribution in [2.24, 2.45) is 11.3 Å². The zero-order valence-electron chi connectivity index (χ0n) is 19.3. The number of nitriles is 2. The van der Waals surface area contributed by atoms with Gasteiger partial charge in [-0.3, -0.25) is 0 Å². The monoisotopic (exact) mass is 438 g/mol. The lowest BCUT2D eigenvalue weighted by Gasteiger charge is -2.36. The van der Waals surface area contributed by atoms with E-state index in [0.717, 1.165) is 47.5 Å². The average Bonchev–Trinajstić information content (AvgIpc) is 2.88. The zero-order chi connectivity index (χ0) is 23.7. The molecule has 3 rings (SSSR count). The molecule has 0 radical (unpaired) electrons. The van der Waals surface area contributed by atoms with Crippen LogP contribution in [-0.4, -0.2) is 14.2 Å². The summed E-state index contributed by atoms with van der Waals surface area (Å²) in [6.07, 6.45) is 11.2. The van der Waals surface area contributed by atoms with Gasteiger partial charge in [-0.05, 0) is 66.1 Å². The fourth-order valence-electron chi connectivity index (χ4n) is 4.63. The van der Waals surface area contributed by atoms with Crippen LogP contribution in [0.25, 0.3) is 6.08 Å². The van der Waals surface area contributed by atoms with E-state index in [4.69, 9.17) is 9.47 Å². The topological polar surface area (TPSA) is 66.0 Å². The molecule has 0 spiro atoms. The Hall–Kier alpha value is -3.76. The molecule has 0 N–H and O–H groups in total. The molecule has 0 aromatic heterocycles. The van der Waals surface area contributed by atoms with Crippen molar-refractivity contribution < 1.29 is 9.47 Å². The van der Waals surface area contributed by atoms with Gasteiger partial charge >= 0.3 is 0 Å². The molecule has 0 bridgehead atoms. The minimum absolute atomic E-state index is 0.0203. The van der Waals surface area contributed by atoms with Crippen LogP contribution in [0, 0.1) is 34.0 Å². The highest BCUT2D eigenvalue weighted by molar-refractivity contribution is 5.54. The molecule has 1 aliphatic rings. The van der Waals surface area contributed by atoms with E-state index in [-0.39, 0.29) is 11.8 Å². The Bertz CT molecular complexity index is 1100. The normalized spacial score (nSPS) is 16.8. The van der Waals surface area contributed by atoms with Gasteiger partial charge in [-0.1, -0.05) is 48.6 Å². The van der Waals surface area contributed by atoms with E-state index in [2.05, 4.69) is 43.0 Å². The molecule has 0 amide bonds. The van der Waals surface area contributed by atoms with Crippen molar-refractivity contribution in [2.45, 2.75) is 31.6 Å². The van der Waals surface area contributed by atoms with E-state index in [9.17, 15) is 10.5 Å². The molecule has 2 aromatic rings. The number of hydrogen-bond acceptors (Lipinski definition) is 4. The second kappa shape index (κ2) is 11.2. The third kappa shape index (κ3) is 5.36. The first-order valence-corrected chi connectivity index (χ1v) is 11.2. The molecule has 0 saturated heterocycles. The van der Waals surface area contributed by atoms with Crippen molar-refractivity contribution in [3.05, 3.63) is 90.0 Å². The van der Waals surface area contributed by atoms with Gasteiger partial charge in [0.1, 0.15) is 11.5 Å². The average molecular weight is 439 g/mol. The lowest BCUT2D eigenvalue weighted by atomic mass is 9.65. The van der Waals surface area contributed by atoms with Gasteiger partial charge in [0.15, 0.2) is 5.41 Å². The summed E-state index contributed by atoms with van der Waals surface area (Å²) in [5, 5.41) is 20.1. The Labute approximate surface area is 197 Å². The lowest BCUT2D eigenvalue weighted by Crippen LogP contribution is -2.29. The SMILES string of the molecule is C=CCC(C#N)(C#N)C1=CCCCC1[C@@H](/C=C/c1cccc(OC)c1)c1cccc(OC)c1. The molecule has 2 aromatic carbocycles. The van der Waals surface area contributed by atoms with Crippen LogP contribution in [0.1, 0.15) is 42.7 Å². The van der Waals surface area contributed by atoms with Crippen LogP contribution in [0.3, 0.4) is 0 Å². The van der Waals surface area contributed by atoms with E-state index in [1.165, 1.54) is 0 Å². The number of benzene rings is 2. The van der Waals surface area contributed by atoms with Crippen LogP contribution < -0.4 is 9.47 Å². The fraction of sp³-hybridized carbons (Fsp3) is 0.310. The minimum atomic E-state index is -1.20. The van der Waals surface area contributed by atoms with Crippen molar-refractivity contribution in [1.29, 1.82) is 10.5 Å². The van der Waals surface area contributed by atoms with Gasteiger partial charge in [-0.25, -0.2) is 0 Å². The van der Waals surface area contributed by atoms with E-state index in [1.807, 2.05) is 42.5 Å². The largest absolute Gasteiger partial charge is 0.497 e. The molecular weight excluding hydrogens is 408 g/mol. The van der Waals surface area contributed by atoms with Gasteiger partial charge in [-0.15, -0.1) is 6.58 Å². The van der Waals surface area contributed by atoms with Crippen LogP contribution in [0.5, 0.6) is 11.5 Å². The molecule has 1 aliphatic carbocycles. The summed E-state index contributed by atoms with van der Waals surface area (Å²) in [5.74, 6) is 1.58. The standard InChI is InChI=1S/C29H30N2O2/c1-4-17-29(20-30,21-31)28-14-6-5-13-27(28)26(23-10-8-12-25(19-23)33-3)16-15-22-9-7-11-24(18-22)32-2/h4,7-12,14-16,18-19,26-27H,1,5-6,13,17H2,2-3H3/b16-15+/t26-,27?/m0/s1. The number of rotatable bonds is 9. The summed E-state index contributed by atoms with van der Waals surface area (Å²) >= 11 is 0. The molecule has 4 heteroatoms. The summed E-state index contributed by atoms with van der Waals surface area (Å²) in [7, 11) is 3.32. The predicted molar refractivity (Wildman–Crippen MR) is 132 cm³/mol. The van der Waals surface area contributed by atoms with Crippen molar-refractivity contribution >= 4 is 6.08 Å². The van der Waals surface area contributed by atoms with Crippen LogP contribution in [0.2, 0.25) is 0 Å². The first-order chi connectivity index (χ1) is 16.1. The van der Waals surface area contributed by atoms with E-state index >= 15 is 0 Å². The molecule has 0 saturated carbocycles. The Morgan fingerprint density at radius 1 is 1.09 bits per heavy atom. The van der Waals surface area contributed by atoms with Gasteiger partial charge in [0.05, 0.1) is 26.4 Å². The lowest BCUT2D eigenvalue weighted by molar-refractivity contribution is 0.399. The fourth-order valence-corrected chi connectivity index (χ4v) is 4.63. The number of ether oxygens (including phenoxy) is 2. The van der Waals surface area contributed by atoms with E-state index < -0.39 is 5.41 Å². The van der Waals surface area contributed by atoms with Crippen LogP contribution in [0.15, 0.2) is 78.9 Å². The molecule has 168 valence electrons. The second-order valence-electron chi connectivity index (χ2n) is 8.26. The Morgan fingerprint density at radius 3 is 2.45 bits per heavy atom. The Kier molecular flexibility index (Phi) is 8.11. The maximum atomic E-state index is 10.1. The molecule has 0 aliphatic heterocycles. The van der Waals surface area contributed by atoms with E-state index in [1.54, 1.807) is 20.3 Å². The highest BCUT2D eigenvalue weighted by Gasteiger charge is 2.41. The first-order valence-electron chi connectivity index (χ1n) is 11.2. The van der Waals surface area contributed by atoms with Gasteiger partial charge in [0, 0.05) is 12.3 Å². The predicted octanol–water partition coefficient (Wildman–Crippen LogP) is 6.84. The zero-order valence-corrected chi connectivity index (χ0v) is 19.3. The summed E-state index contributed by atoms with van der Waals surface area (Å²) < 4.78 is 10.9. The summed E-state index contributed by atoms with van der Waals surface area (Å²) in [4.78, 5) is 0. The third-order valence-corrected chi connectivity index (χ3v) is 6.31. The first kappa shape index (κ1) is 23.9. The van der Waals surface area contributed by atoms with Crippen LogP contribution >= 0.6 is 0 Å². The molecule has 33 heavy (non-hydrogen) atoms. The number of nitrogens with zero attached hydrogens (tertiary/aromatic N) is 2.